The number of hydrogen-bond acceptors (Lipinski definition) is 6. The normalized spacial score (nSPS) is 15.6. The van der Waals surface area contributed by atoms with Crippen molar-refractivity contribution in [3.8, 4) is 5.88 Å². The van der Waals surface area contributed by atoms with Gasteiger partial charge in [-0.3, -0.25) is 0 Å². The van der Waals surface area contributed by atoms with Crippen LogP contribution in [0.15, 0.2) is 11.4 Å². The molecule has 5 nitrogen and oxygen atoms in total. The molecule has 1 aliphatic rings. The van der Waals surface area contributed by atoms with E-state index >= 15 is 0 Å². The quantitative estimate of drug-likeness (QED) is 0.899. The molecule has 1 N–H and O–H groups in total. The molecule has 1 aliphatic heterocycles. The minimum Gasteiger partial charge on any atom is -0.469 e. The molecular formula is C12H15N3O2S. The van der Waals surface area contributed by atoms with Gasteiger partial charge in [-0.2, -0.15) is 4.98 Å². The summed E-state index contributed by atoms with van der Waals surface area (Å²) < 4.78 is 10.9. The van der Waals surface area contributed by atoms with Crippen molar-refractivity contribution in [1.29, 1.82) is 0 Å². The monoisotopic (exact) mass is 265 g/mol. The minimum absolute atomic E-state index is 0.127. The lowest BCUT2D eigenvalue weighted by atomic mass is 10.3. The molecule has 0 aromatic carbocycles. The molecule has 0 atom stereocenters. The summed E-state index contributed by atoms with van der Waals surface area (Å²) in [5.41, 5.74) is 0. The summed E-state index contributed by atoms with van der Waals surface area (Å²) >= 11 is 1.60. The third kappa shape index (κ3) is 2.26. The number of nitrogens with one attached hydrogen (secondary N) is 1. The van der Waals surface area contributed by atoms with Gasteiger partial charge < -0.3 is 14.8 Å². The first-order chi connectivity index (χ1) is 8.86. The molecule has 96 valence electrons. The van der Waals surface area contributed by atoms with E-state index in [0.717, 1.165) is 23.2 Å². The Balaban J connectivity index is 1.89. The first-order valence-corrected chi connectivity index (χ1v) is 6.98. The smallest absolute Gasteiger partial charge is 0.227 e. The second kappa shape index (κ2) is 5.07. The highest BCUT2D eigenvalue weighted by molar-refractivity contribution is 7.16. The van der Waals surface area contributed by atoms with E-state index in [9.17, 15) is 0 Å². The number of anilines is 1. The summed E-state index contributed by atoms with van der Waals surface area (Å²) in [5, 5.41) is 6.19. The average Bonchev–Trinajstić information content (AvgIpc) is 2.79. The predicted molar refractivity (Wildman–Crippen MR) is 71.4 cm³/mol. The predicted octanol–water partition coefficient (Wildman–Crippen LogP) is 2.29. The Bertz CT molecular complexity index is 539. The number of rotatable bonds is 5. The van der Waals surface area contributed by atoms with E-state index in [4.69, 9.17) is 9.47 Å². The summed E-state index contributed by atoms with van der Waals surface area (Å²) in [7, 11) is 0. The van der Waals surface area contributed by atoms with Gasteiger partial charge in [-0.05, 0) is 17.9 Å². The van der Waals surface area contributed by atoms with Crippen LogP contribution >= 0.6 is 11.3 Å². The second-order valence-electron chi connectivity index (χ2n) is 4.20. The van der Waals surface area contributed by atoms with Crippen molar-refractivity contribution in [3.63, 3.8) is 0 Å². The molecule has 1 saturated heterocycles. The van der Waals surface area contributed by atoms with Crippen LogP contribution in [0, 0.1) is 0 Å². The van der Waals surface area contributed by atoms with Crippen molar-refractivity contribution in [2.24, 2.45) is 0 Å². The largest absolute Gasteiger partial charge is 0.469 e. The third-order valence-corrected chi connectivity index (χ3v) is 3.52. The maximum atomic E-state index is 5.83. The highest BCUT2D eigenvalue weighted by Gasteiger charge is 2.22. The zero-order valence-corrected chi connectivity index (χ0v) is 11.0. The summed E-state index contributed by atoms with van der Waals surface area (Å²) in [4.78, 5) is 9.87. The van der Waals surface area contributed by atoms with Gasteiger partial charge in [-0.1, -0.05) is 6.92 Å². The van der Waals surface area contributed by atoms with Crippen molar-refractivity contribution in [2.75, 3.05) is 25.1 Å². The molecule has 0 bridgehead atoms. The van der Waals surface area contributed by atoms with Gasteiger partial charge in [0.1, 0.15) is 10.9 Å². The first-order valence-electron chi connectivity index (χ1n) is 6.10. The molecule has 0 unspecified atom stereocenters. The molecule has 1 fully saturated rings. The van der Waals surface area contributed by atoms with Gasteiger partial charge in [-0.15, -0.1) is 11.3 Å². The molecule has 6 heteroatoms. The van der Waals surface area contributed by atoms with Gasteiger partial charge in [0.05, 0.1) is 18.6 Å². The van der Waals surface area contributed by atoms with E-state index in [1.807, 2.05) is 11.4 Å². The zero-order chi connectivity index (χ0) is 12.4. The lowest BCUT2D eigenvalue weighted by Crippen LogP contribution is -2.38. The molecule has 2 aromatic heterocycles. The van der Waals surface area contributed by atoms with Crippen molar-refractivity contribution in [1.82, 2.24) is 9.97 Å². The Labute approximate surface area is 109 Å². The molecule has 3 heterocycles. The average molecular weight is 265 g/mol. The maximum absolute atomic E-state index is 5.83. The number of hydrogen-bond donors (Lipinski definition) is 1. The molecule has 0 radical (unpaired) electrons. The Kier molecular flexibility index (Phi) is 3.29. The van der Waals surface area contributed by atoms with Gasteiger partial charge >= 0.3 is 0 Å². The minimum atomic E-state index is 0.127. The van der Waals surface area contributed by atoms with Crippen LogP contribution in [0.3, 0.4) is 0 Å². The fourth-order valence-corrected chi connectivity index (χ4v) is 2.43. The van der Waals surface area contributed by atoms with Crippen LogP contribution < -0.4 is 10.1 Å². The Morgan fingerprint density at radius 1 is 1.50 bits per heavy atom. The van der Waals surface area contributed by atoms with Gasteiger partial charge in [0, 0.05) is 6.54 Å². The highest BCUT2D eigenvalue weighted by Crippen LogP contribution is 2.29. The molecule has 0 amide bonds. The van der Waals surface area contributed by atoms with Crippen LogP contribution in [0.4, 0.5) is 5.95 Å². The van der Waals surface area contributed by atoms with Crippen LogP contribution in [0.5, 0.6) is 5.88 Å². The highest BCUT2D eigenvalue weighted by atomic mass is 32.1. The first kappa shape index (κ1) is 11.7. The third-order valence-electron chi connectivity index (χ3n) is 2.71. The van der Waals surface area contributed by atoms with Crippen LogP contribution in [0.1, 0.15) is 13.3 Å². The SMILES string of the molecule is CCCNc1nc(OC2COC2)c2ccsc2n1. The van der Waals surface area contributed by atoms with Gasteiger partial charge in [-0.25, -0.2) is 4.98 Å². The molecule has 0 saturated carbocycles. The van der Waals surface area contributed by atoms with Crippen molar-refractivity contribution < 1.29 is 9.47 Å². The fourth-order valence-electron chi connectivity index (χ4n) is 1.67. The molecule has 3 rings (SSSR count). The Hall–Kier alpha value is -1.40. The summed E-state index contributed by atoms with van der Waals surface area (Å²) in [6, 6.07) is 2.00. The Morgan fingerprint density at radius 3 is 3.11 bits per heavy atom. The summed E-state index contributed by atoms with van der Waals surface area (Å²) in [5.74, 6) is 1.30. The van der Waals surface area contributed by atoms with E-state index < -0.39 is 0 Å². The molecule has 2 aromatic rings. The van der Waals surface area contributed by atoms with E-state index in [2.05, 4.69) is 22.2 Å². The Morgan fingerprint density at radius 2 is 2.39 bits per heavy atom. The van der Waals surface area contributed by atoms with Crippen molar-refractivity contribution in [3.05, 3.63) is 11.4 Å². The molecular weight excluding hydrogens is 250 g/mol. The lowest BCUT2D eigenvalue weighted by Gasteiger charge is -2.26. The standard InChI is InChI=1S/C12H15N3O2S/c1-2-4-13-12-14-10(17-8-6-16-7-8)9-3-5-18-11(9)15-12/h3,5,8H,2,4,6-7H2,1H3,(H,13,14,15). The zero-order valence-electron chi connectivity index (χ0n) is 10.2. The number of aromatic nitrogens is 2. The fraction of sp³-hybridized carbons (Fsp3) is 0.500. The number of ether oxygens (including phenoxy) is 2. The lowest BCUT2D eigenvalue weighted by molar-refractivity contribution is -0.0806. The van der Waals surface area contributed by atoms with E-state index in [0.29, 0.717) is 25.0 Å². The topological polar surface area (TPSA) is 56.3 Å². The number of fused-ring (bicyclic) bond motifs is 1. The van der Waals surface area contributed by atoms with Crippen LogP contribution in [-0.4, -0.2) is 35.8 Å². The van der Waals surface area contributed by atoms with E-state index in [-0.39, 0.29) is 6.10 Å². The molecule has 0 spiro atoms. The van der Waals surface area contributed by atoms with Crippen LogP contribution in [-0.2, 0) is 4.74 Å². The molecule has 0 aliphatic carbocycles. The van der Waals surface area contributed by atoms with E-state index in [1.54, 1.807) is 11.3 Å². The van der Waals surface area contributed by atoms with Gasteiger partial charge in [0.25, 0.3) is 0 Å². The van der Waals surface area contributed by atoms with Gasteiger partial charge in [0.15, 0.2) is 0 Å². The summed E-state index contributed by atoms with van der Waals surface area (Å²) in [6.07, 6.45) is 1.17. The van der Waals surface area contributed by atoms with Gasteiger partial charge in [0.2, 0.25) is 11.8 Å². The van der Waals surface area contributed by atoms with Crippen LogP contribution in [0.2, 0.25) is 0 Å². The second-order valence-corrected chi connectivity index (χ2v) is 5.09. The number of nitrogens with zero attached hydrogens (tertiary/aromatic N) is 2. The summed E-state index contributed by atoms with van der Waals surface area (Å²) in [6.45, 7) is 4.27. The van der Waals surface area contributed by atoms with Crippen molar-refractivity contribution in [2.45, 2.75) is 19.4 Å². The molecule has 18 heavy (non-hydrogen) atoms. The van der Waals surface area contributed by atoms with E-state index in [1.165, 1.54) is 0 Å². The number of thiophene rings is 1. The maximum Gasteiger partial charge on any atom is 0.227 e. The van der Waals surface area contributed by atoms with Crippen LogP contribution in [0.25, 0.3) is 10.2 Å². The van der Waals surface area contributed by atoms with Crippen molar-refractivity contribution >= 4 is 27.5 Å².